The molecule has 0 radical (unpaired) electrons. The molecule has 1 N–H and O–H groups in total. The van der Waals surface area contributed by atoms with Crippen LogP contribution in [0.1, 0.15) is 38.5 Å². The lowest BCUT2D eigenvalue weighted by Gasteiger charge is -2.33. The SMILES string of the molecule is Cc1ncc(C(=O)N2CC[C@]3(C(=O)Nc4ccccc43)[C@@H]2c2nccn2C)s1. The number of fused-ring (bicyclic) bond motifs is 2. The van der Waals surface area contributed by atoms with E-state index in [1.54, 1.807) is 17.3 Å². The van der Waals surface area contributed by atoms with E-state index in [1.165, 1.54) is 11.3 Å². The molecule has 0 unspecified atom stereocenters. The highest BCUT2D eigenvalue weighted by Crippen LogP contribution is 2.54. The van der Waals surface area contributed by atoms with Gasteiger partial charge in [0, 0.05) is 31.7 Å². The van der Waals surface area contributed by atoms with Crippen molar-refractivity contribution in [1.29, 1.82) is 0 Å². The summed E-state index contributed by atoms with van der Waals surface area (Å²) in [6.07, 6.45) is 5.72. The lowest BCUT2D eigenvalue weighted by Crippen LogP contribution is -2.43. The third kappa shape index (κ3) is 2.21. The maximum Gasteiger partial charge on any atom is 0.266 e. The van der Waals surface area contributed by atoms with Crippen molar-refractivity contribution in [3.63, 3.8) is 0 Å². The van der Waals surface area contributed by atoms with Gasteiger partial charge >= 0.3 is 0 Å². The molecule has 0 aliphatic carbocycles. The molecule has 2 aliphatic heterocycles. The molecule has 2 aromatic heterocycles. The molecular formula is C20H19N5O2S. The molecule has 8 heteroatoms. The highest BCUT2D eigenvalue weighted by molar-refractivity contribution is 7.13. The topological polar surface area (TPSA) is 80.1 Å². The first-order valence-electron chi connectivity index (χ1n) is 9.14. The normalized spacial score (nSPS) is 23.3. The molecule has 0 bridgehead atoms. The van der Waals surface area contributed by atoms with Gasteiger partial charge in [-0.15, -0.1) is 11.3 Å². The predicted molar refractivity (Wildman–Crippen MR) is 105 cm³/mol. The van der Waals surface area contributed by atoms with Crippen LogP contribution in [0.25, 0.3) is 0 Å². The number of likely N-dealkylation sites (tertiary alicyclic amines) is 1. The number of carbonyl (C=O) groups is 2. The second-order valence-corrected chi connectivity index (χ2v) is 8.50. The first-order chi connectivity index (χ1) is 13.5. The molecule has 5 rings (SSSR count). The third-order valence-electron chi connectivity index (χ3n) is 5.78. The Balaban J connectivity index is 1.68. The Kier molecular flexibility index (Phi) is 3.67. The van der Waals surface area contributed by atoms with Crippen LogP contribution < -0.4 is 5.32 Å². The molecule has 142 valence electrons. The fourth-order valence-electron chi connectivity index (χ4n) is 4.51. The second-order valence-electron chi connectivity index (χ2n) is 7.26. The predicted octanol–water partition coefficient (Wildman–Crippen LogP) is 2.66. The van der Waals surface area contributed by atoms with Crippen LogP contribution >= 0.6 is 11.3 Å². The van der Waals surface area contributed by atoms with Crippen molar-refractivity contribution in [2.24, 2.45) is 7.05 Å². The van der Waals surface area contributed by atoms with Gasteiger partial charge in [-0.05, 0) is 25.0 Å². The number of thiazole rings is 1. The number of nitrogens with zero attached hydrogens (tertiary/aromatic N) is 4. The minimum Gasteiger partial charge on any atom is -0.336 e. The largest absolute Gasteiger partial charge is 0.336 e. The van der Waals surface area contributed by atoms with E-state index in [-0.39, 0.29) is 11.8 Å². The van der Waals surface area contributed by atoms with Crippen LogP contribution in [0.4, 0.5) is 5.69 Å². The summed E-state index contributed by atoms with van der Waals surface area (Å²) in [6, 6.07) is 7.26. The molecule has 3 aromatic rings. The number of carbonyl (C=O) groups excluding carboxylic acids is 2. The fourth-order valence-corrected chi connectivity index (χ4v) is 5.24. The van der Waals surface area contributed by atoms with Crippen molar-refractivity contribution in [2.75, 3.05) is 11.9 Å². The number of imidazole rings is 1. The zero-order valence-electron chi connectivity index (χ0n) is 15.5. The highest BCUT2D eigenvalue weighted by Gasteiger charge is 2.60. The zero-order chi connectivity index (χ0) is 19.5. The number of anilines is 1. The quantitative estimate of drug-likeness (QED) is 0.726. The Bertz CT molecular complexity index is 1100. The van der Waals surface area contributed by atoms with E-state index < -0.39 is 11.5 Å². The van der Waals surface area contributed by atoms with Crippen LogP contribution in [0, 0.1) is 6.92 Å². The number of aromatic nitrogens is 3. The van der Waals surface area contributed by atoms with E-state index in [0.29, 0.717) is 23.7 Å². The summed E-state index contributed by atoms with van der Waals surface area (Å²) < 4.78 is 1.89. The van der Waals surface area contributed by atoms with Gasteiger partial charge in [0.15, 0.2) is 0 Å². The number of nitrogens with one attached hydrogen (secondary N) is 1. The molecule has 1 saturated heterocycles. The van der Waals surface area contributed by atoms with Crippen molar-refractivity contribution >= 4 is 28.8 Å². The van der Waals surface area contributed by atoms with Crippen LogP contribution in [-0.2, 0) is 17.3 Å². The fraction of sp³-hybridized carbons (Fsp3) is 0.300. The number of hydrogen-bond acceptors (Lipinski definition) is 5. The average Bonchev–Trinajstić information content (AvgIpc) is 3.43. The van der Waals surface area contributed by atoms with E-state index in [9.17, 15) is 9.59 Å². The minimum atomic E-state index is -0.842. The summed E-state index contributed by atoms with van der Waals surface area (Å²) in [6.45, 7) is 2.36. The summed E-state index contributed by atoms with van der Waals surface area (Å²) >= 11 is 1.37. The Hall–Kier alpha value is -3.00. The Morgan fingerprint density at radius 2 is 2.14 bits per heavy atom. The van der Waals surface area contributed by atoms with Crippen molar-refractivity contribution in [2.45, 2.75) is 24.8 Å². The van der Waals surface area contributed by atoms with Gasteiger partial charge in [-0.25, -0.2) is 9.97 Å². The molecule has 2 atom stereocenters. The number of rotatable bonds is 2. The van der Waals surface area contributed by atoms with Crippen LogP contribution in [0.15, 0.2) is 42.9 Å². The van der Waals surface area contributed by atoms with Crippen molar-refractivity contribution in [1.82, 2.24) is 19.4 Å². The Labute approximate surface area is 166 Å². The maximum atomic E-state index is 13.4. The van der Waals surface area contributed by atoms with Gasteiger partial charge in [-0.3, -0.25) is 9.59 Å². The van der Waals surface area contributed by atoms with Crippen LogP contribution in [0.3, 0.4) is 0 Å². The van der Waals surface area contributed by atoms with E-state index in [1.807, 2.05) is 49.0 Å². The lowest BCUT2D eigenvalue weighted by molar-refractivity contribution is -0.121. The molecule has 1 fully saturated rings. The molecule has 2 aliphatic rings. The number of hydrogen-bond donors (Lipinski definition) is 1. The minimum absolute atomic E-state index is 0.0718. The smallest absolute Gasteiger partial charge is 0.266 e. The summed E-state index contributed by atoms with van der Waals surface area (Å²) in [5.41, 5.74) is 0.906. The van der Waals surface area contributed by atoms with E-state index in [0.717, 1.165) is 16.3 Å². The van der Waals surface area contributed by atoms with E-state index in [2.05, 4.69) is 15.3 Å². The van der Waals surface area contributed by atoms with E-state index >= 15 is 0 Å². The molecule has 2 amide bonds. The number of benzene rings is 1. The lowest BCUT2D eigenvalue weighted by atomic mass is 9.74. The van der Waals surface area contributed by atoms with Crippen molar-refractivity contribution in [3.05, 3.63) is 64.1 Å². The Morgan fingerprint density at radius 3 is 2.86 bits per heavy atom. The standard InChI is InChI=1S/C20H19N5O2S/c1-12-22-11-15(28-12)18(26)25-9-7-20(16(25)17-21-8-10-24(17)2)13-5-3-4-6-14(13)23-19(20)27/h3-6,8,10-11,16H,7,9H2,1-2H3,(H,23,27)/t16-,20+/m0/s1. The molecule has 0 saturated carbocycles. The van der Waals surface area contributed by atoms with Crippen LogP contribution in [0.5, 0.6) is 0 Å². The van der Waals surface area contributed by atoms with Crippen LogP contribution in [0.2, 0.25) is 0 Å². The first-order valence-corrected chi connectivity index (χ1v) is 9.95. The highest BCUT2D eigenvalue weighted by atomic mass is 32.1. The molecule has 4 heterocycles. The third-order valence-corrected chi connectivity index (χ3v) is 6.68. The molecule has 7 nitrogen and oxygen atoms in total. The summed E-state index contributed by atoms with van der Waals surface area (Å²) in [5, 5.41) is 3.86. The van der Waals surface area contributed by atoms with Gasteiger partial charge in [0.1, 0.15) is 22.2 Å². The Morgan fingerprint density at radius 1 is 1.32 bits per heavy atom. The molecule has 1 spiro atoms. The first kappa shape index (κ1) is 17.1. The van der Waals surface area contributed by atoms with Gasteiger partial charge in [-0.1, -0.05) is 18.2 Å². The van der Waals surface area contributed by atoms with Gasteiger partial charge in [-0.2, -0.15) is 0 Å². The summed E-state index contributed by atoms with van der Waals surface area (Å²) in [7, 11) is 1.90. The number of amides is 2. The maximum absolute atomic E-state index is 13.4. The monoisotopic (exact) mass is 393 g/mol. The van der Waals surface area contributed by atoms with Gasteiger partial charge in [0.25, 0.3) is 5.91 Å². The van der Waals surface area contributed by atoms with Gasteiger partial charge < -0.3 is 14.8 Å². The second kappa shape index (κ2) is 6.00. The molecular weight excluding hydrogens is 374 g/mol. The van der Waals surface area contributed by atoms with Gasteiger partial charge in [0.05, 0.1) is 11.2 Å². The van der Waals surface area contributed by atoms with Crippen molar-refractivity contribution in [3.8, 4) is 0 Å². The zero-order valence-corrected chi connectivity index (χ0v) is 16.4. The number of aryl methyl sites for hydroxylation is 2. The van der Waals surface area contributed by atoms with E-state index in [4.69, 9.17) is 0 Å². The van der Waals surface area contributed by atoms with Crippen LogP contribution in [-0.4, -0.2) is 37.8 Å². The molecule has 1 aromatic carbocycles. The van der Waals surface area contributed by atoms with Crippen molar-refractivity contribution < 1.29 is 9.59 Å². The average molecular weight is 393 g/mol. The number of para-hydroxylation sites is 1. The van der Waals surface area contributed by atoms with Gasteiger partial charge in [0.2, 0.25) is 5.91 Å². The summed E-state index contributed by atoms with van der Waals surface area (Å²) in [4.78, 5) is 37.8. The molecule has 28 heavy (non-hydrogen) atoms. The summed E-state index contributed by atoms with van der Waals surface area (Å²) in [5.74, 6) is 0.532.